The lowest BCUT2D eigenvalue weighted by molar-refractivity contribution is -0.124. The van der Waals surface area contributed by atoms with Gasteiger partial charge in [-0.25, -0.2) is 12.8 Å². The van der Waals surface area contributed by atoms with E-state index in [0.717, 1.165) is 12.1 Å². The second-order valence-corrected chi connectivity index (χ2v) is 5.97. The highest BCUT2D eigenvalue weighted by atomic mass is 32.2. The molecule has 1 aromatic rings. The first-order chi connectivity index (χ1) is 8.90. The van der Waals surface area contributed by atoms with Crippen LogP contribution in [0.2, 0.25) is 0 Å². The highest BCUT2D eigenvalue weighted by Crippen LogP contribution is 2.20. The molecule has 1 heterocycles. The third-order valence-corrected chi connectivity index (χ3v) is 4.38. The fraction of sp³-hybridized carbons (Fsp3) is 0.364. The van der Waals surface area contributed by atoms with E-state index in [0.29, 0.717) is 19.4 Å². The Balaban J connectivity index is 2.27. The number of carbonyl (C=O) groups excluding carboxylic acids is 1. The number of hydrogen-bond acceptors (Lipinski definition) is 4. The van der Waals surface area contributed by atoms with Crippen LogP contribution in [0.15, 0.2) is 23.1 Å². The van der Waals surface area contributed by atoms with Gasteiger partial charge < -0.3 is 11.1 Å². The largest absolute Gasteiger partial charge is 0.398 e. The van der Waals surface area contributed by atoms with Gasteiger partial charge in [0.15, 0.2) is 0 Å². The van der Waals surface area contributed by atoms with Crippen molar-refractivity contribution >= 4 is 21.6 Å². The van der Waals surface area contributed by atoms with Gasteiger partial charge in [-0.3, -0.25) is 4.79 Å². The molecule has 19 heavy (non-hydrogen) atoms. The van der Waals surface area contributed by atoms with Gasteiger partial charge in [0.05, 0.1) is 5.69 Å². The molecule has 1 amide bonds. The van der Waals surface area contributed by atoms with Gasteiger partial charge >= 0.3 is 0 Å². The number of nitrogen functional groups attached to an aromatic ring is 1. The zero-order chi connectivity index (χ0) is 14.0. The first kappa shape index (κ1) is 13.8. The maximum atomic E-state index is 13.1. The van der Waals surface area contributed by atoms with Crippen LogP contribution in [-0.4, -0.2) is 26.9 Å². The Morgan fingerprint density at radius 2 is 2.16 bits per heavy atom. The number of piperidine rings is 1. The minimum Gasteiger partial charge on any atom is -0.398 e. The quantitative estimate of drug-likeness (QED) is 0.679. The van der Waals surface area contributed by atoms with Crippen LogP contribution >= 0.6 is 0 Å². The summed E-state index contributed by atoms with van der Waals surface area (Å²) < 4.78 is 39.5. The summed E-state index contributed by atoms with van der Waals surface area (Å²) in [7, 11) is -4.02. The van der Waals surface area contributed by atoms with Crippen molar-refractivity contribution in [2.45, 2.75) is 23.8 Å². The van der Waals surface area contributed by atoms with Crippen LogP contribution in [0.5, 0.6) is 0 Å². The van der Waals surface area contributed by atoms with E-state index in [2.05, 4.69) is 10.0 Å². The van der Waals surface area contributed by atoms with Crippen LogP contribution in [0.3, 0.4) is 0 Å². The Bertz CT molecular complexity index is 603. The number of halogens is 1. The van der Waals surface area contributed by atoms with Crippen LogP contribution in [0, 0.1) is 5.82 Å². The number of carbonyl (C=O) groups is 1. The smallest absolute Gasteiger partial charge is 0.243 e. The zero-order valence-corrected chi connectivity index (χ0v) is 10.8. The van der Waals surface area contributed by atoms with Gasteiger partial charge in [0.1, 0.15) is 16.8 Å². The molecule has 1 aromatic carbocycles. The second-order valence-electron chi connectivity index (χ2n) is 4.29. The second kappa shape index (κ2) is 5.14. The summed E-state index contributed by atoms with van der Waals surface area (Å²) >= 11 is 0. The third kappa shape index (κ3) is 3.02. The molecule has 6 nitrogen and oxygen atoms in total. The number of hydrogen-bond donors (Lipinski definition) is 3. The molecule has 0 bridgehead atoms. The monoisotopic (exact) mass is 287 g/mol. The molecule has 1 aliphatic heterocycles. The average Bonchev–Trinajstić information content (AvgIpc) is 2.35. The number of nitrogens with two attached hydrogens (primary N) is 1. The summed E-state index contributed by atoms with van der Waals surface area (Å²) in [5.41, 5.74) is 5.46. The molecule has 0 aliphatic carbocycles. The van der Waals surface area contributed by atoms with Crippen molar-refractivity contribution in [3.63, 3.8) is 0 Å². The van der Waals surface area contributed by atoms with Gasteiger partial charge in [0, 0.05) is 6.54 Å². The molecule has 2 rings (SSSR count). The van der Waals surface area contributed by atoms with Gasteiger partial charge in [-0.15, -0.1) is 0 Å². The topological polar surface area (TPSA) is 101 Å². The molecule has 1 aliphatic rings. The molecule has 4 N–H and O–H groups in total. The number of nitrogens with one attached hydrogen (secondary N) is 2. The summed E-state index contributed by atoms with van der Waals surface area (Å²) in [4.78, 5) is 11.2. The van der Waals surface area contributed by atoms with E-state index in [1.54, 1.807) is 0 Å². The lowest BCUT2D eigenvalue weighted by atomic mass is 10.1. The van der Waals surface area contributed by atoms with Crippen LogP contribution in [0.25, 0.3) is 0 Å². The van der Waals surface area contributed by atoms with Crippen molar-refractivity contribution in [2.24, 2.45) is 0 Å². The van der Waals surface area contributed by atoms with E-state index >= 15 is 0 Å². The Morgan fingerprint density at radius 1 is 1.42 bits per heavy atom. The molecular formula is C11H14FN3O3S. The Kier molecular flexibility index (Phi) is 3.72. The van der Waals surface area contributed by atoms with Crippen LogP contribution < -0.4 is 15.8 Å². The summed E-state index contributed by atoms with van der Waals surface area (Å²) in [6.07, 6.45) is 1.08. The molecule has 0 radical (unpaired) electrons. The average molecular weight is 287 g/mol. The van der Waals surface area contributed by atoms with Gasteiger partial charge in [-0.1, -0.05) is 0 Å². The molecule has 8 heteroatoms. The van der Waals surface area contributed by atoms with Crippen molar-refractivity contribution in [3.8, 4) is 0 Å². The number of rotatable bonds is 3. The molecule has 0 spiro atoms. The standard InChI is InChI=1S/C11H14FN3O3S/c12-7-3-4-8(13)10(6-7)19(17,18)15-9-2-1-5-14-11(9)16/h3-4,6,9,15H,1-2,5,13H2,(H,14,16). The fourth-order valence-corrected chi connectivity index (χ4v) is 3.25. The van der Waals surface area contributed by atoms with Crippen molar-refractivity contribution in [1.82, 2.24) is 10.0 Å². The van der Waals surface area contributed by atoms with Gasteiger partial charge in [0.2, 0.25) is 15.9 Å². The molecule has 0 aromatic heterocycles. The van der Waals surface area contributed by atoms with Crippen molar-refractivity contribution in [3.05, 3.63) is 24.0 Å². The molecule has 1 atom stereocenters. The van der Waals surface area contributed by atoms with E-state index in [4.69, 9.17) is 5.73 Å². The summed E-state index contributed by atoms with van der Waals surface area (Å²) in [5, 5.41) is 2.56. The lowest BCUT2D eigenvalue weighted by Crippen LogP contribution is -2.50. The van der Waals surface area contributed by atoms with Gasteiger partial charge in [-0.05, 0) is 31.0 Å². The van der Waals surface area contributed by atoms with Crippen LogP contribution in [0.4, 0.5) is 10.1 Å². The Labute approximate surface area is 110 Å². The molecule has 1 unspecified atom stereocenters. The van der Waals surface area contributed by atoms with E-state index in [-0.39, 0.29) is 16.5 Å². The number of amides is 1. The van der Waals surface area contributed by atoms with E-state index in [1.807, 2.05) is 0 Å². The van der Waals surface area contributed by atoms with Crippen molar-refractivity contribution in [1.29, 1.82) is 0 Å². The summed E-state index contributed by atoms with van der Waals surface area (Å²) in [5.74, 6) is -1.09. The van der Waals surface area contributed by atoms with Crippen molar-refractivity contribution < 1.29 is 17.6 Å². The van der Waals surface area contributed by atoms with Crippen LogP contribution in [0.1, 0.15) is 12.8 Å². The number of anilines is 1. The number of sulfonamides is 1. The molecule has 0 saturated carbocycles. The Morgan fingerprint density at radius 3 is 2.84 bits per heavy atom. The normalized spacial score (nSPS) is 20.1. The minimum absolute atomic E-state index is 0.0647. The summed E-state index contributed by atoms with van der Waals surface area (Å²) in [6.45, 7) is 0.527. The van der Waals surface area contributed by atoms with E-state index < -0.39 is 21.9 Å². The lowest BCUT2D eigenvalue weighted by Gasteiger charge is -2.22. The minimum atomic E-state index is -4.02. The molecule has 1 fully saturated rings. The van der Waals surface area contributed by atoms with Crippen LogP contribution in [-0.2, 0) is 14.8 Å². The molecular weight excluding hydrogens is 273 g/mol. The maximum Gasteiger partial charge on any atom is 0.243 e. The van der Waals surface area contributed by atoms with Gasteiger partial charge in [0.25, 0.3) is 0 Å². The highest BCUT2D eigenvalue weighted by Gasteiger charge is 2.28. The first-order valence-corrected chi connectivity index (χ1v) is 7.23. The zero-order valence-electron chi connectivity index (χ0n) is 10.0. The summed E-state index contributed by atoms with van der Waals surface area (Å²) in [6, 6.07) is 2.23. The maximum absolute atomic E-state index is 13.1. The predicted octanol–water partition coefficient (Wildman–Crippen LogP) is -0.0352. The Hall–Kier alpha value is -1.67. The predicted molar refractivity (Wildman–Crippen MR) is 67.2 cm³/mol. The first-order valence-electron chi connectivity index (χ1n) is 5.75. The van der Waals surface area contributed by atoms with E-state index in [9.17, 15) is 17.6 Å². The van der Waals surface area contributed by atoms with Crippen molar-refractivity contribution in [2.75, 3.05) is 12.3 Å². The fourth-order valence-electron chi connectivity index (χ4n) is 1.88. The highest BCUT2D eigenvalue weighted by molar-refractivity contribution is 7.89. The third-order valence-electron chi connectivity index (χ3n) is 2.85. The number of benzene rings is 1. The van der Waals surface area contributed by atoms with Gasteiger partial charge in [-0.2, -0.15) is 4.72 Å². The molecule has 1 saturated heterocycles. The van der Waals surface area contributed by atoms with E-state index in [1.165, 1.54) is 6.07 Å². The molecule has 104 valence electrons. The SMILES string of the molecule is Nc1ccc(F)cc1S(=O)(=O)NC1CCCNC1=O.